The molecule has 1 aromatic carbocycles. The number of methoxy groups -OCH3 is 1. The SMILES string of the molecule is COc1cccc(C(=O)CC(SC(C)=O)C(=O)O)c1. The molecule has 6 heteroatoms. The standard InChI is InChI=1S/C13H14O5S/c1-8(14)19-12(13(16)17)7-11(15)9-4-3-5-10(6-9)18-2/h3-6,12H,7H2,1-2H3,(H,16,17). The number of carbonyl (C=O) groups is 3. The summed E-state index contributed by atoms with van der Waals surface area (Å²) < 4.78 is 4.99. The number of carbonyl (C=O) groups excluding carboxylic acids is 2. The fourth-order valence-corrected chi connectivity index (χ4v) is 2.20. The first kappa shape index (κ1) is 15.2. The van der Waals surface area contributed by atoms with Gasteiger partial charge in [0.2, 0.25) is 0 Å². The highest BCUT2D eigenvalue weighted by Gasteiger charge is 2.24. The fourth-order valence-electron chi connectivity index (χ4n) is 1.46. The van der Waals surface area contributed by atoms with Crippen LogP contribution in [0, 0.1) is 0 Å². The maximum atomic E-state index is 12.0. The number of carboxylic acid groups (broad SMARTS) is 1. The van der Waals surface area contributed by atoms with Crippen LogP contribution >= 0.6 is 11.8 Å². The Labute approximate surface area is 115 Å². The predicted molar refractivity (Wildman–Crippen MR) is 71.6 cm³/mol. The zero-order valence-electron chi connectivity index (χ0n) is 10.6. The Kier molecular flexibility index (Phi) is 5.57. The van der Waals surface area contributed by atoms with Crippen molar-refractivity contribution in [3.63, 3.8) is 0 Å². The lowest BCUT2D eigenvalue weighted by Gasteiger charge is -2.09. The third kappa shape index (κ3) is 4.75. The monoisotopic (exact) mass is 282 g/mol. The number of ketones is 1. The molecule has 0 saturated carbocycles. The van der Waals surface area contributed by atoms with Gasteiger partial charge in [0.15, 0.2) is 10.9 Å². The minimum absolute atomic E-state index is 0.229. The smallest absolute Gasteiger partial charge is 0.317 e. The van der Waals surface area contributed by atoms with Crippen molar-refractivity contribution in [3.8, 4) is 5.75 Å². The molecule has 1 aromatic rings. The Morgan fingerprint density at radius 2 is 2.05 bits per heavy atom. The van der Waals surface area contributed by atoms with Gasteiger partial charge >= 0.3 is 5.97 Å². The molecule has 1 atom stereocenters. The van der Waals surface area contributed by atoms with Gasteiger partial charge in [-0.3, -0.25) is 14.4 Å². The van der Waals surface area contributed by atoms with Gasteiger partial charge in [-0.25, -0.2) is 0 Å². The normalized spacial score (nSPS) is 11.7. The molecule has 0 spiro atoms. The maximum absolute atomic E-state index is 12.0. The van der Waals surface area contributed by atoms with Crippen molar-refractivity contribution < 1.29 is 24.2 Å². The Morgan fingerprint density at radius 3 is 2.58 bits per heavy atom. The third-order valence-corrected chi connectivity index (χ3v) is 3.33. The van der Waals surface area contributed by atoms with E-state index in [1.54, 1.807) is 24.3 Å². The molecule has 0 saturated heterocycles. The highest BCUT2D eigenvalue weighted by Crippen LogP contribution is 2.20. The van der Waals surface area contributed by atoms with Gasteiger partial charge in [0.1, 0.15) is 11.0 Å². The van der Waals surface area contributed by atoms with Gasteiger partial charge in [0, 0.05) is 18.9 Å². The van der Waals surface area contributed by atoms with Crippen LogP contribution in [-0.2, 0) is 9.59 Å². The summed E-state index contributed by atoms with van der Waals surface area (Å²) in [5.41, 5.74) is 0.370. The summed E-state index contributed by atoms with van der Waals surface area (Å²) in [7, 11) is 1.48. The van der Waals surface area contributed by atoms with E-state index in [0.717, 1.165) is 0 Å². The number of rotatable bonds is 6. The number of carboxylic acids is 1. The van der Waals surface area contributed by atoms with E-state index in [2.05, 4.69) is 0 Å². The molecular weight excluding hydrogens is 268 g/mol. The average molecular weight is 282 g/mol. The van der Waals surface area contributed by atoms with Gasteiger partial charge in [0.05, 0.1) is 7.11 Å². The Hall–Kier alpha value is -1.82. The summed E-state index contributed by atoms with van der Waals surface area (Å²) >= 11 is 0.650. The molecule has 0 radical (unpaired) electrons. The second-order valence-corrected chi connectivity index (χ2v) is 5.18. The lowest BCUT2D eigenvalue weighted by atomic mass is 10.1. The van der Waals surface area contributed by atoms with Crippen molar-refractivity contribution in [1.82, 2.24) is 0 Å². The van der Waals surface area contributed by atoms with E-state index in [1.165, 1.54) is 14.0 Å². The first-order valence-electron chi connectivity index (χ1n) is 5.51. The van der Waals surface area contributed by atoms with Crippen LogP contribution in [0.4, 0.5) is 0 Å². The quantitative estimate of drug-likeness (QED) is 0.804. The van der Waals surface area contributed by atoms with Crippen molar-refractivity contribution in [1.29, 1.82) is 0 Å². The summed E-state index contributed by atoms with van der Waals surface area (Å²) in [5, 5.41) is 7.58. The number of aliphatic carboxylic acids is 1. The molecule has 102 valence electrons. The second kappa shape index (κ2) is 6.94. The molecule has 1 unspecified atom stereocenters. The van der Waals surface area contributed by atoms with Crippen LogP contribution in [0.25, 0.3) is 0 Å². The molecule has 19 heavy (non-hydrogen) atoms. The minimum atomic E-state index is -1.17. The number of ether oxygens (including phenoxy) is 1. The van der Waals surface area contributed by atoms with E-state index in [0.29, 0.717) is 23.1 Å². The molecule has 0 aliphatic carbocycles. The van der Waals surface area contributed by atoms with Crippen LogP contribution in [0.3, 0.4) is 0 Å². The van der Waals surface area contributed by atoms with Crippen molar-refractivity contribution in [3.05, 3.63) is 29.8 Å². The van der Waals surface area contributed by atoms with Crippen molar-refractivity contribution >= 4 is 28.6 Å². The van der Waals surface area contributed by atoms with E-state index in [4.69, 9.17) is 9.84 Å². The zero-order valence-corrected chi connectivity index (χ0v) is 11.4. The summed E-state index contributed by atoms with van der Waals surface area (Å²) in [6.45, 7) is 1.27. The molecular formula is C13H14O5S. The largest absolute Gasteiger partial charge is 0.497 e. The van der Waals surface area contributed by atoms with Crippen LogP contribution in [0.5, 0.6) is 5.75 Å². The molecule has 5 nitrogen and oxygen atoms in total. The first-order valence-corrected chi connectivity index (χ1v) is 6.39. The summed E-state index contributed by atoms with van der Waals surface area (Å²) in [6.07, 6.45) is -0.229. The van der Waals surface area contributed by atoms with Crippen LogP contribution in [-0.4, -0.2) is 34.3 Å². The Morgan fingerprint density at radius 1 is 1.37 bits per heavy atom. The highest BCUT2D eigenvalue weighted by molar-refractivity contribution is 8.14. The molecule has 0 aromatic heterocycles. The molecule has 0 fully saturated rings. The molecule has 0 amide bonds. The summed E-state index contributed by atoms with van der Waals surface area (Å²) in [6, 6.07) is 6.47. The van der Waals surface area contributed by atoms with E-state index >= 15 is 0 Å². The number of hydrogen-bond acceptors (Lipinski definition) is 5. The summed E-state index contributed by atoms with van der Waals surface area (Å²) in [4.78, 5) is 33.9. The number of hydrogen-bond donors (Lipinski definition) is 1. The lowest BCUT2D eigenvalue weighted by molar-refractivity contribution is -0.136. The zero-order chi connectivity index (χ0) is 14.4. The van der Waals surface area contributed by atoms with E-state index in [9.17, 15) is 14.4 Å². The van der Waals surface area contributed by atoms with Crippen molar-refractivity contribution in [2.24, 2.45) is 0 Å². The van der Waals surface area contributed by atoms with Crippen LogP contribution in [0.1, 0.15) is 23.7 Å². The number of Topliss-reactive ketones (excluding diaryl/α,β-unsaturated/α-hetero) is 1. The van der Waals surface area contributed by atoms with E-state index in [1.807, 2.05) is 0 Å². The van der Waals surface area contributed by atoms with Gasteiger partial charge in [-0.1, -0.05) is 23.9 Å². The van der Waals surface area contributed by atoms with Gasteiger partial charge in [0.25, 0.3) is 0 Å². The molecule has 1 rings (SSSR count). The number of thioether (sulfide) groups is 1. The van der Waals surface area contributed by atoms with Crippen LogP contribution in [0.2, 0.25) is 0 Å². The third-order valence-electron chi connectivity index (χ3n) is 2.35. The highest BCUT2D eigenvalue weighted by atomic mass is 32.2. The second-order valence-electron chi connectivity index (χ2n) is 3.80. The predicted octanol–water partition coefficient (Wildman–Crippen LogP) is 2.00. The van der Waals surface area contributed by atoms with Gasteiger partial charge in [-0.05, 0) is 12.1 Å². The Balaban J connectivity index is 2.81. The van der Waals surface area contributed by atoms with Gasteiger partial charge in [-0.2, -0.15) is 0 Å². The van der Waals surface area contributed by atoms with Crippen molar-refractivity contribution in [2.75, 3.05) is 7.11 Å². The van der Waals surface area contributed by atoms with Crippen LogP contribution < -0.4 is 4.74 Å². The topological polar surface area (TPSA) is 80.7 Å². The lowest BCUT2D eigenvalue weighted by Crippen LogP contribution is -2.21. The summed E-state index contributed by atoms with van der Waals surface area (Å²) in [5.74, 6) is -0.978. The van der Waals surface area contributed by atoms with E-state index in [-0.39, 0.29) is 17.3 Å². The number of benzene rings is 1. The molecule has 0 aliphatic rings. The minimum Gasteiger partial charge on any atom is -0.497 e. The van der Waals surface area contributed by atoms with Gasteiger partial charge in [-0.15, -0.1) is 0 Å². The molecule has 1 N–H and O–H groups in total. The first-order chi connectivity index (χ1) is 8.93. The molecule has 0 bridgehead atoms. The Bertz CT molecular complexity index is 498. The molecule has 0 aliphatic heterocycles. The fraction of sp³-hybridized carbons (Fsp3) is 0.308. The molecule has 0 heterocycles. The van der Waals surface area contributed by atoms with Gasteiger partial charge < -0.3 is 9.84 Å². The maximum Gasteiger partial charge on any atom is 0.317 e. The van der Waals surface area contributed by atoms with Crippen LogP contribution in [0.15, 0.2) is 24.3 Å². The van der Waals surface area contributed by atoms with E-state index < -0.39 is 11.2 Å². The average Bonchev–Trinajstić information content (AvgIpc) is 2.37. The van der Waals surface area contributed by atoms with Crippen molar-refractivity contribution in [2.45, 2.75) is 18.6 Å².